The number of aromatic amines is 1. The fraction of sp³-hybridized carbons (Fsp3) is 0.429. The highest BCUT2D eigenvalue weighted by atomic mass is 32.1. The molecule has 26 heavy (non-hydrogen) atoms. The van der Waals surface area contributed by atoms with Crippen molar-refractivity contribution in [2.24, 2.45) is 0 Å². The van der Waals surface area contributed by atoms with Crippen LogP contribution in [0.3, 0.4) is 0 Å². The van der Waals surface area contributed by atoms with Crippen molar-refractivity contribution in [2.75, 3.05) is 5.32 Å². The molecular weight excluding hydrogens is 342 g/mol. The van der Waals surface area contributed by atoms with E-state index in [9.17, 15) is 4.79 Å². The second kappa shape index (κ2) is 8.04. The number of rotatable bonds is 7. The van der Waals surface area contributed by atoms with Gasteiger partial charge in [-0.3, -0.25) is 4.79 Å². The third kappa shape index (κ3) is 3.98. The van der Waals surface area contributed by atoms with Gasteiger partial charge in [0.25, 0.3) is 5.56 Å². The molecule has 0 radical (unpaired) electrons. The highest BCUT2D eigenvalue weighted by Crippen LogP contribution is 2.27. The van der Waals surface area contributed by atoms with Crippen LogP contribution >= 0.6 is 11.3 Å². The van der Waals surface area contributed by atoms with Crippen LogP contribution in [0.5, 0.6) is 0 Å². The van der Waals surface area contributed by atoms with Gasteiger partial charge in [0.15, 0.2) is 0 Å². The smallest absolute Gasteiger partial charge is 0.259 e. The van der Waals surface area contributed by atoms with Crippen LogP contribution in [0.25, 0.3) is 10.2 Å². The molecule has 0 spiro atoms. The molecule has 3 aromatic rings. The molecule has 0 aliphatic heterocycles. The van der Waals surface area contributed by atoms with Crippen LogP contribution in [-0.2, 0) is 6.42 Å². The van der Waals surface area contributed by atoms with Crippen molar-refractivity contribution in [1.29, 1.82) is 0 Å². The van der Waals surface area contributed by atoms with E-state index in [0.717, 1.165) is 32.8 Å². The summed E-state index contributed by atoms with van der Waals surface area (Å²) in [7, 11) is 0. The fourth-order valence-electron chi connectivity index (χ4n) is 3.14. The number of hydrogen-bond acceptors (Lipinski definition) is 4. The topological polar surface area (TPSA) is 57.8 Å². The van der Waals surface area contributed by atoms with E-state index >= 15 is 0 Å². The lowest BCUT2D eigenvalue weighted by Gasteiger charge is -2.15. The van der Waals surface area contributed by atoms with Crippen molar-refractivity contribution in [3.05, 3.63) is 56.4 Å². The summed E-state index contributed by atoms with van der Waals surface area (Å²) in [5.74, 6) is 0.677. The average Bonchev–Trinajstić information content (AvgIpc) is 2.91. The van der Waals surface area contributed by atoms with E-state index < -0.39 is 0 Å². The largest absolute Gasteiger partial charge is 0.375 e. The summed E-state index contributed by atoms with van der Waals surface area (Å²) in [5, 5.41) is 4.16. The van der Waals surface area contributed by atoms with Gasteiger partial charge in [0.2, 0.25) is 0 Å². The molecule has 2 aromatic heterocycles. The zero-order valence-electron chi connectivity index (χ0n) is 16.0. The Hall–Kier alpha value is -2.14. The summed E-state index contributed by atoms with van der Waals surface area (Å²) in [6.07, 6.45) is 4.90. The van der Waals surface area contributed by atoms with E-state index in [4.69, 9.17) is 0 Å². The molecule has 0 bridgehead atoms. The van der Waals surface area contributed by atoms with Crippen LogP contribution in [0.2, 0.25) is 0 Å². The lowest BCUT2D eigenvalue weighted by atomic mass is 10.1. The molecule has 0 fully saturated rings. The number of aromatic nitrogens is 2. The Morgan fingerprint density at radius 3 is 2.62 bits per heavy atom. The second-order valence-corrected chi connectivity index (χ2v) is 8.14. The number of benzene rings is 1. The van der Waals surface area contributed by atoms with Gasteiger partial charge in [-0.05, 0) is 56.9 Å². The Morgan fingerprint density at radius 2 is 1.92 bits per heavy atom. The first kappa shape index (κ1) is 18.6. The van der Waals surface area contributed by atoms with Crippen LogP contribution in [0, 0.1) is 13.8 Å². The molecule has 3 rings (SSSR count). The summed E-state index contributed by atoms with van der Waals surface area (Å²) >= 11 is 1.58. The number of hydrogen-bond donors (Lipinski definition) is 2. The number of nitrogens with zero attached hydrogens (tertiary/aromatic N) is 1. The summed E-state index contributed by atoms with van der Waals surface area (Å²) in [6, 6.07) is 8.49. The molecule has 0 aliphatic rings. The van der Waals surface area contributed by atoms with Crippen molar-refractivity contribution in [2.45, 2.75) is 59.4 Å². The van der Waals surface area contributed by atoms with Gasteiger partial charge < -0.3 is 10.3 Å². The molecule has 5 heteroatoms. The SMILES string of the molecule is CCCCCc1ccc(N[C@@H](C)c2nc3sc(C)c(C)c3c(=O)[nH]2)cc1. The standard InChI is InChI=1S/C21H27N3OS/c1-5-6-7-8-16-9-11-17(12-10-16)22-14(3)19-23-20(25)18-13(2)15(4)26-21(18)24-19/h9-12,14,22H,5-8H2,1-4H3,(H,23,24,25)/t14-/m0/s1. The number of thiophene rings is 1. The van der Waals surface area contributed by atoms with E-state index in [1.54, 1.807) is 11.3 Å². The van der Waals surface area contributed by atoms with Gasteiger partial charge in [-0.1, -0.05) is 31.9 Å². The Balaban J connectivity index is 1.74. The number of anilines is 1. The van der Waals surface area contributed by atoms with Gasteiger partial charge >= 0.3 is 0 Å². The van der Waals surface area contributed by atoms with Crippen LogP contribution in [-0.4, -0.2) is 9.97 Å². The number of nitrogens with one attached hydrogen (secondary N) is 2. The zero-order valence-corrected chi connectivity index (χ0v) is 16.8. The molecule has 2 heterocycles. The predicted octanol–water partition coefficient (Wildman–Crippen LogP) is 5.51. The Morgan fingerprint density at radius 1 is 1.19 bits per heavy atom. The zero-order chi connectivity index (χ0) is 18.7. The van der Waals surface area contributed by atoms with Crippen LogP contribution in [0.4, 0.5) is 5.69 Å². The molecular formula is C21H27N3OS. The van der Waals surface area contributed by atoms with Crippen molar-refractivity contribution in [3.8, 4) is 0 Å². The first-order valence-electron chi connectivity index (χ1n) is 9.35. The number of fused-ring (bicyclic) bond motifs is 1. The lowest BCUT2D eigenvalue weighted by molar-refractivity contribution is 0.717. The summed E-state index contributed by atoms with van der Waals surface area (Å²) in [6.45, 7) is 8.26. The molecule has 2 N–H and O–H groups in total. The maximum Gasteiger partial charge on any atom is 0.259 e. The molecule has 0 aliphatic carbocycles. The maximum atomic E-state index is 12.4. The molecule has 0 saturated carbocycles. The molecule has 4 nitrogen and oxygen atoms in total. The van der Waals surface area contributed by atoms with Crippen molar-refractivity contribution in [3.63, 3.8) is 0 Å². The number of aryl methyl sites for hydroxylation is 3. The van der Waals surface area contributed by atoms with Crippen molar-refractivity contribution in [1.82, 2.24) is 9.97 Å². The Labute approximate surface area is 158 Å². The molecule has 1 aromatic carbocycles. The molecule has 1 atom stereocenters. The van der Waals surface area contributed by atoms with E-state index in [2.05, 4.69) is 46.5 Å². The number of unbranched alkanes of at least 4 members (excludes halogenated alkanes) is 2. The first-order valence-corrected chi connectivity index (χ1v) is 10.2. The van der Waals surface area contributed by atoms with Gasteiger partial charge in [0, 0.05) is 10.6 Å². The minimum Gasteiger partial charge on any atom is -0.375 e. The van der Waals surface area contributed by atoms with Gasteiger partial charge in [0.05, 0.1) is 11.4 Å². The normalized spacial score (nSPS) is 12.5. The quantitative estimate of drug-likeness (QED) is 0.540. The van der Waals surface area contributed by atoms with Crippen LogP contribution in [0.15, 0.2) is 29.1 Å². The monoisotopic (exact) mass is 369 g/mol. The Bertz CT molecular complexity index is 940. The van der Waals surface area contributed by atoms with E-state index in [1.807, 2.05) is 20.8 Å². The van der Waals surface area contributed by atoms with E-state index in [0.29, 0.717) is 5.82 Å². The summed E-state index contributed by atoms with van der Waals surface area (Å²) < 4.78 is 0. The van der Waals surface area contributed by atoms with Gasteiger partial charge in [-0.15, -0.1) is 11.3 Å². The van der Waals surface area contributed by atoms with Gasteiger partial charge in [-0.2, -0.15) is 0 Å². The minimum atomic E-state index is -0.0687. The van der Waals surface area contributed by atoms with Crippen LogP contribution in [0.1, 0.15) is 61.0 Å². The second-order valence-electron chi connectivity index (χ2n) is 6.93. The van der Waals surface area contributed by atoms with Gasteiger partial charge in [0.1, 0.15) is 10.7 Å². The molecule has 138 valence electrons. The predicted molar refractivity (Wildman–Crippen MR) is 111 cm³/mol. The minimum absolute atomic E-state index is 0.0493. The van der Waals surface area contributed by atoms with Crippen LogP contribution < -0.4 is 10.9 Å². The Kier molecular flexibility index (Phi) is 5.77. The van der Waals surface area contributed by atoms with Crippen molar-refractivity contribution >= 4 is 27.2 Å². The maximum absolute atomic E-state index is 12.4. The highest BCUT2D eigenvalue weighted by Gasteiger charge is 2.15. The molecule has 0 saturated heterocycles. The number of H-pyrrole nitrogens is 1. The lowest BCUT2D eigenvalue weighted by Crippen LogP contribution is -2.17. The van der Waals surface area contributed by atoms with E-state index in [-0.39, 0.29) is 11.6 Å². The average molecular weight is 370 g/mol. The molecule has 0 unspecified atom stereocenters. The van der Waals surface area contributed by atoms with Crippen molar-refractivity contribution < 1.29 is 0 Å². The highest BCUT2D eigenvalue weighted by molar-refractivity contribution is 7.18. The first-order chi connectivity index (χ1) is 12.5. The summed E-state index contributed by atoms with van der Waals surface area (Å²) in [5.41, 5.74) is 3.39. The summed E-state index contributed by atoms with van der Waals surface area (Å²) in [4.78, 5) is 22.0. The third-order valence-corrected chi connectivity index (χ3v) is 5.97. The van der Waals surface area contributed by atoms with Gasteiger partial charge in [-0.25, -0.2) is 4.98 Å². The van der Waals surface area contributed by atoms with E-state index in [1.165, 1.54) is 24.8 Å². The molecule has 0 amide bonds. The third-order valence-electron chi connectivity index (χ3n) is 4.87. The fourth-order valence-corrected chi connectivity index (χ4v) is 4.18.